The number of hydrogen-bond donors (Lipinski definition) is 1. The molecule has 0 aliphatic carbocycles. The summed E-state index contributed by atoms with van der Waals surface area (Å²) in [5.41, 5.74) is 0.591. The minimum Gasteiger partial charge on any atom is -0.316 e. The van der Waals surface area contributed by atoms with Crippen LogP contribution in [0.5, 0.6) is 0 Å². The van der Waals surface area contributed by atoms with Gasteiger partial charge in [0.05, 0.1) is 5.51 Å². The Morgan fingerprint density at radius 1 is 1.24 bits per heavy atom. The van der Waals surface area contributed by atoms with Crippen LogP contribution < -0.4 is 5.32 Å². The van der Waals surface area contributed by atoms with Crippen LogP contribution in [0.3, 0.4) is 0 Å². The van der Waals surface area contributed by atoms with Crippen molar-refractivity contribution in [1.29, 1.82) is 0 Å². The number of nitrogens with one attached hydrogen (secondary N) is 1. The van der Waals surface area contributed by atoms with Gasteiger partial charge in [-0.05, 0) is 12.1 Å². The number of rotatable bonds is 2. The van der Waals surface area contributed by atoms with Crippen molar-refractivity contribution in [2.24, 2.45) is 0 Å². The van der Waals surface area contributed by atoms with Crippen LogP contribution in [-0.4, -0.2) is 10.9 Å². The molecule has 17 heavy (non-hydrogen) atoms. The third-order valence-corrected chi connectivity index (χ3v) is 2.53. The first-order valence-corrected chi connectivity index (χ1v) is 5.37. The lowest BCUT2D eigenvalue weighted by Gasteiger charge is -2.06. The van der Waals surface area contributed by atoms with Gasteiger partial charge in [0.2, 0.25) is 0 Å². The van der Waals surface area contributed by atoms with Gasteiger partial charge in [-0.2, -0.15) is 0 Å². The van der Waals surface area contributed by atoms with E-state index in [1.54, 1.807) is 0 Å². The molecule has 88 valence electrons. The quantitative estimate of drug-likeness (QED) is 0.841. The highest BCUT2D eigenvalue weighted by Crippen LogP contribution is 2.21. The molecule has 1 heterocycles. The molecule has 0 atom stereocenters. The van der Waals surface area contributed by atoms with E-state index in [1.807, 2.05) is 5.32 Å². The summed E-state index contributed by atoms with van der Waals surface area (Å²) in [6, 6.07) is 1.37. The van der Waals surface area contributed by atoms with Crippen LogP contribution in [0, 0.1) is 17.5 Å². The fourth-order valence-corrected chi connectivity index (χ4v) is 1.68. The van der Waals surface area contributed by atoms with Crippen molar-refractivity contribution in [3.05, 3.63) is 46.2 Å². The molecule has 0 spiro atoms. The summed E-state index contributed by atoms with van der Waals surface area (Å²) in [4.78, 5) is 15.1. The molecule has 0 fully saturated rings. The molecular weight excluding hydrogens is 253 g/mol. The van der Waals surface area contributed by atoms with Crippen molar-refractivity contribution < 1.29 is 18.0 Å². The van der Waals surface area contributed by atoms with Crippen LogP contribution in [0.25, 0.3) is 0 Å². The van der Waals surface area contributed by atoms with Gasteiger partial charge in [0.15, 0.2) is 11.6 Å². The Balaban J connectivity index is 2.31. The third-order valence-electron chi connectivity index (χ3n) is 1.95. The van der Waals surface area contributed by atoms with Crippen LogP contribution in [0.4, 0.5) is 18.9 Å². The minimum absolute atomic E-state index is 0.0121. The zero-order chi connectivity index (χ0) is 12.4. The van der Waals surface area contributed by atoms with Crippen molar-refractivity contribution in [2.75, 3.05) is 5.32 Å². The molecule has 1 amide bonds. The van der Waals surface area contributed by atoms with Gasteiger partial charge < -0.3 is 5.32 Å². The van der Waals surface area contributed by atoms with Crippen molar-refractivity contribution in [3.8, 4) is 0 Å². The number of anilines is 1. The first-order valence-electron chi connectivity index (χ1n) is 4.42. The number of benzene rings is 1. The van der Waals surface area contributed by atoms with E-state index in [9.17, 15) is 18.0 Å². The number of thiazole rings is 1. The predicted octanol–water partition coefficient (Wildman–Crippen LogP) is 2.81. The molecule has 0 saturated heterocycles. The second-order valence-electron chi connectivity index (χ2n) is 3.05. The number of carbonyl (C=O) groups excluding carboxylic acids is 1. The van der Waals surface area contributed by atoms with E-state index < -0.39 is 29.0 Å². The first kappa shape index (κ1) is 11.6. The smallest absolute Gasteiger partial charge is 0.275 e. The highest BCUT2D eigenvalue weighted by molar-refractivity contribution is 7.07. The summed E-state index contributed by atoms with van der Waals surface area (Å²) in [5.74, 6) is -4.52. The molecule has 2 rings (SSSR count). The second kappa shape index (κ2) is 4.54. The number of halogens is 3. The second-order valence-corrected chi connectivity index (χ2v) is 3.76. The minimum atomic E-state index is -1.44. The average molecular weight is 258 g/mol. The Hall–Kier alpha value is -1.89. The van der Waals surface area contributed by atoms with Crippen molar-refractivity contribution in [3.63, 3.8) is 0 Å². The zero-order valence-corrected chi connectivity index (χ0v) is 9.02. The fourth-order valence-electron chi connectivity index (χ4n) is 1.14. The number of aromatic nitrogens is 1. The maximum absolute atomic E-state index is 13.2. The lowest BCUT2D eigenvalue weighted by atomic mass is 10.2. The highest BCUT2D eigenvalue weighted by atomic mass is 32.1. The zero-order valence-electron chi connectivity index (χ0n) is 8.21. The van der Waals surface area contributed by atoms with Crippen LogP contribution in [0.15, 0.2) is 23.0 Å². The third kappa shape index (κ3) is 2.28. The SMILES string of the molecule is O=C(Nc1c(F)ccc(F)c1F)c1cscn1. The summed E-state index contributed by atoms with van der Waals surface area (Å²) in [5, 5.41) is 3.34. The Labute approximate surface area is 97.9 Å². The van der Waals surface area contributed by atoms with Gasteiger partial charge >= 0.3 is 0 Å². The molecule has 0 bridgehead atoms. The van der Waals surface area contributed by atoms with E-state index in [4.69, 9.17) is 0 Å². The summed E-state index contributed by atoms with van der Waals surface area (Å²) >= 11 is 1.16. The maximum atomic E-state index is 13.2. The highest BCUT2D eigenvalue weighted by Gasteiger charge is 2.17. The van der Waals surface area contributed by atoms with Crippen LogP contribution in [0.1, 0.15) is 10.5 Å². The molecule has 7 heteroatoms. The Morgan fingerprint density at radius 3 is 2.59 bits per heavy atom. The lowest BCUT2D eigenvalue weighted by molar-refractivity contribution is 0.102. The lowest BCUT2D eigenvalue weighted by Crippen LogP contribution is -2.15. The summed E-state index contributed by atoms with van der Waals surface area (Å²) < 4.78 is 39.3. The van der Waals surface area contributed by atoms with Gasteiger partial charge in [-0.25, -0.2) is 18.2 Å². The molecule has 0 aliphatic rings. The molecule has 0 unspecified atom stereocenters. The summed E-state index contributed by atoms with van der Waals surface area (Å²) in [6.07, 6.45) is 0. The topological polar surface area (TPSA) is 42.0 Å². The molecule has 2 aromatic rings. The molecule has 0 aliphatic heterocycles. The first-order chi connectivity index (χ1) is 8.09. The van der Waals surface area contributed by atoms with E-state index in [1.165, 1.54) is 10.9 Å². The number of nitrogens with zero attached hydrogens (tertiary/aromatic N) is 1. The normalized spacial score (nSPS) is 10.3. The Morgan fingerprint density at radius 2 is 1.94 bits per heavy atom. The van der Waals surface area contributed by atoms with Gasteiger partial charge in [-0.3, -0.25) is 4.79 Å². The molecule has 1 aromatic heterocycles. The molecular formula is C10H5F3N2OS. The van der Waals surface area contributed by atoms with Gasteiger partial charge in [-0.15, -0.1) is 11.3 Å². The van der Waals surface area contributed by atoms with E-state index in [0.717, 1.165) is 17.4 Å². The van der Waals surface area contributed by atoms with Crippen molar-refractivity contribution >= 4 is 22.9 Å². The molecule has 3 nitrogen and oxygen atoms in total. The Bertz CT molecular complexity index is 557. The van der Waals surface area contributed by atoms with E-state index in [2.05, 4.69) is 4.98 Å². The monoisotopic (exact) mass is 258 g/mol. The molecule has 0 radical (unpaired) electrons. The van der Waals surface area contributed by atoms with Gasteiger partial charge in [0.1, 0.15) is 17.2 Å². The fraction of sp³-hybridized carbons (Fsp3) is 0. The van der Waals surface area contributed by atoms with Crippen LogP contribution in [-0.2, 0) is 0 Å². The summed E-state index contributed by atoms with van der Waals surface area (Å²) in [7, 11) is 0. The Kier molecular flexibility index (Phi) is 3.10. The van der Waals surface area contributed by atoms with Crippen molar-refractivity contribution in [2.45, 2.75) is 0 Å². The summed E-state index contributed by atoms with van der Waals surface area (Å²) in [6.45, 7) is 0. The molecule has 0 saturated carbocycles. The van der Waals surface area contributed by atoms with E-state index in [-0.39, 0.29) is 5.69 Å². The van der Waals surface area contributed by atoms with Crippen LogP contribution in [0.2, 0.25) is 0 Å². The van der Waals surface area contributed by atoms with E-state index >= 15 is 0 Å². The number of amides is 1. The van der Waals surface area contributed by atoms with Gasteiger partial charge in [-0.1, -0.05) is 0 Å². The standard InChI is InChI=1S/C10H5F3N2OS/c11-5-1-2-6(12)9(8(5)13)15-10(16)7-3-17-4-14-7/h1-4H,(H,15,16). The number of hydrogen-bond acceptors (Lipinski definition) is 3. The number of carbonyl (C=O) groups is 1. The molecule has 1 aromatic carbocycles. The van der Waals surface area contributed by atoms with Crippen LogP contribution >= 0.6 is 11.3 Å². The maximum Gasteiger partial charge on any atom is 0.275 e. The van der Waals surface area contributed by atoms with Gasteiger partial charge in [0, 0.05) is 5.38 Å². The van der Waals surface area contributed by atoms with Crippen molar-refractivity contribution in [1.82, 2.24) is 4.98 Å². The molecule has 1 N–H and O–H groups in total. The van der Waals surface area contributed by atoms with Gasteiger partial charge in [0.25, 0.3) is 5.91 Å². The largest absolute Gasteiger partial charge is 0.316 e. The predicted molar refractivity (Wildman–Crippen MR) is 56.4 cm³/mol. The average Bonchev–Trinajstić information content (AvgIpc) is 2.83. The van der Waals surface area contributed by atoms with E-state index in [0.29, 0.717) is 6.07 Å².